The summed E-state index contributed by atoms with van der Waals surface area (Å²) >= 11 is 0. The van der Waals surface area contributed by atoms with Crippen LogP contribution in [0.4, 0.5) is 0 Å². The van der Waals surface area contributed by atoms with Crippen LogP contribution in [0, 0.1) is 6.92 Å². The van der Waals surface area contributed by atoms with Crippen LogP contribution in [0.5, 0.6) is 0 Å². The summed E-state index contributed by atoms with van der Waals surface area (Å²) in [6.45, 7) is 2.83. The molecule has 0 bridgehead atoms. The van der Waals surface area contributed by atoms with Crippen molar-refractivity contribution in [3.05, 3.63) is 35.4 Å². The summed E-state index contributed by atoms with van der Waals surface area (Å²) in [6, 6.07) is 8.18. The lowest BCUT2D eigenvalue weighted by molar-refractivity contribution is -0.134. The second kappa shape index (κ2) is 7.26. The monoisotopic (exact) mass is 349 g/mol. The zero-order valence-corrected chi connectivity index (χ0v) is 15.2. The van der Waals surface area contributed by atoms with Gasteiger partial charge < -0.3 is 4.90 Å². The molecule has 2 aliphatic rings. The summed E-state index contributed by atoms with van der Waals surface area (Å²) in [6.07, 6.45) is 5.99. The Labute approximate surface area is 145 Å². The van der Waals surface area contributed by atoms with Gasteiger partial charge >= 0.3 is 0 Å². The third-order valence-corrected chi connectivity index (χ3v) is 8.02. The molecule has 2 fully saturated rings. The lowest BCUT2D eigenvalue weighted by Gasteiger charge is -2.41. The first kappa shape index (κ1) is 17.5. The average Bonchev–Trinajstić information content (AvgIpc) is 2.52. The zero-order valence-electron chi connectivity index (χ0n) is 14.4. The first-order valence-corrected chi connectivity index (χ1v) is 10.6. The van der Waals surface area contributed by atoms with Crippen molar-refractivity contribution in [2.45, 2.75) is 62.4 Å². The molecule has 132 valence electrons. The number of likely N-dealkylation sites (tertiary alicyclic amines) is 1. The average molecular weight is 349 g/mol. The summed E-state index contributed by atoms with van der Waals surface area (Å²) < 4.78 is 25.2. The standard InChI is InChI=1S/C19H27NO3S/c1-15-6-5-7-16(12-15)10-11-19(21)20-13-18(14-20)24(22,23)17-8-3-2-4-9-17/h5-7,12,17-18H,2-4,8-11,13-14H2,1H3. The minimum Gasteiger partial charge on any atom is -0.340 e. The predicted octanol–water partition coefficient (Wildman–Crippen LogP) is 2.89. The van der Waals surface area contributed by atoms with Gasteiger partial charge in [0.2, 0.25) is 5.91 Å². The number of rotatable bonds is 5. The molecule has 0 radical (unpaired) electrons. The number of carbonyl (C=O) groups is 1. The van der Waals surface area contributed by atoms with Gasteiger partial charge in [-0.15, -0.1) is 0 Å². The molecule has 1 saturated heterocycles. The highest BCUT2D eigenvalue weighted by Crippen LogP contribution is 2.30. The second-order valence-corrected chi connectivity index (χ2v) is 9.77. The van der Waals surface area contributed by atoms with Gasteiger partial charge in [-0.25, -0.2) is 8.42 Å². The largest absolute Gasteiger partial charge is 0.340 e. The molecule has 5 heteroatoms. The molecule has 1 saturated carbocycles. The number of carbonyl (C=O) groups excluding carboxylic acids is 1. The molecule has 1 heterocycles. The maximum absolute atomic E-state index is 12.6. The topological polar surface area (TPSA) is 54.5 Å². The third kappa shape index (κ3) is 3.82. The quantitative estimate of drug-likeness (QED) is 0.821. The molecule has 1 aliphatic carbocycles. The van der Waals surface area contributed by atoms with Gasteiger partial charge in [0.05, 0.1) is 10.5 Å². The first-order chi connectivity index (χ1) is 11.5. The molecule has 1 aromatic carbocycles. The van der Waals surface area contributed by atoms with Crippen LogP contribution >= 0.6 is 0 Å². The molecule has 1 aliphatic heterocycles. The smallest absolute Gasteiger partial charge is 0.222 e. The van der Waals surface area contributed by atoms with Gasteiger partial charge in [0.15, 0.2) is 9.84 Å². The molecular formula is C19H27NO3S. The van der Waals surface area contributed by atoms with Crippen molar-refractivity contribution in [1.82, 2.24) is 4.90 Å². The number of hydrogen-bond donors (Lipinski definition) is 0. The maximum Gasteiger partial charge on any atom is 0.222 e. The minimum atomic E-state index is -3.06. The summed E-state index contributed by atoms with van der Waals surface area (Å²) in [4.78, 5) is 14.0. The van der Waals surface area contributed by atoms with E-state index in [0.29, 0.717) is 19.5 Å². The Morgan fingerprint density at radius 1 is 1.12 bits per heavy atom. The molecule has 0 spiro atoms. The minimum absolute atomic E-state index is 0.0756. The zero-order chi connectivity index (χ0) is 17.2. The van der Waals surface area contributed by atoms with Crippen molar-refractivity contribution in [3.8, 4) is 0 Å². The Kier molecular flexibility index (Phi) is 5.28. The fourth-order valence-corrected chi connectivity index (χ4v) is 6.10. The normalized spacial score (nSPS) is 20.0. The molecule has 4 nitrogen and oxygen atoms in total. The van der Waals surface area contributed by atoms with E-state index in [1.807, 2.05) is 25.1 Å². The molecule has 0 unspecified atom stereocenters. The molecule has 0 atom stereocenters. The molecule has 24 heavy (non-hydrogen) atoms. The number of aryl methyl sites for hydroxylation is 2. The van der Waals surface area contributed by atoms with Gasteiger partial charge in [0.1, 0.15) is 0 Å². The van der Waals surface area contributed by atoms with Crippen molar-refractivity contribution < 1.29 is 13.2 Å². The molecule has 0 N–H and O–H groups in total. The summed E-state index contributed by atoms with van der Waals surface area (Å²) in [7, 11) is -3.06. The Morgan fingerprint density at radius 2 is 1.83 bits per heavy atom. The van der Waals surface area contributed by atoms with Crippen molar-refractivity contribution in [3.63, 3.8) is 0 Å². The van der Waals surface area contributed by atoms with Crippen LogP contribution in [0.25, 0.3) is 0 Å². The first-order valence-electron chi connectivity index (χ1n) is 9.03. The lowest BCUT2D eigenvalue weighted by atomic mass is 10.0. The Bertz CT molecular complexity index is 686. The van der Waals surface area contributed by atoms with Crippen LogP contribution in [0.15, 0.2) is 24.3 Å². The van der Waals surface area contributed by atoms with E-state index in [4.69, 9.17) is 0 Å². The van der Waals surface area contributed by atoms with E-state index in [1.165, 1.54) is 5.56 Å². The van der Waals surface area contributed by atoms with Gasteiger partial charge in [-0.1, -0.05) is 49.1 Å². The fourth-order valence-electron chi connectivity index (χ4n) is 3.79. The predicted molar refractivity (Wildman–Crippen MR) is 95.7 cm³/mol. The number of nitrogens with zero attached hydrogens (tertiary/aromatic N) is 1. The van der Waals surface area contributed by atoms with Crippen LogP contribution < -0.4 is 0 Å². The number of hydrogen-bond acceptors (Lipinski definition) is 3. The molecule has 1 amide bonds. The number of benzene rings is 1. The second-order valence-electron chi connectivity index (χ2n) is 7.26. The van der Waals surface area contributed by atoms with E-state index in [9.17, 15) is 13.2 Å². The number of sulfone groups is 1. The third-order valence-electron chi connectivity index (χ3n) is 5.39. The summed E-state index contributed by atoms with van der Waals surface area (Å²) in [5.74, 6) is 0.0756. The molecular weight excluding hydrogens is 322 g/mol. The van der Waals surface area contributed by atoms with Crippen LogP contribution in [-0.2, 0) is 21.1 Å². The highest BCUT2D eigenvalue weighted by atomic mass is 32.2. The van der Waals surface area contributed by atoms with Gasteiger partial charge in [-0.3, -0.25) is 4.79 Å². The lowest BCUT2D eigenvalue weighted by Crippen LogP contribution is -2.58. The molecule has 1 aromatic rings. The Balaban J connectivity index is 1.48. The van der Waals surface area contributed by atoms with Gasteiger partial charge in [-0.2, -0.15) is 0 Å². The van der Waals surface area contributed by atoms with E-state index in [-0.39, 0.29) is 16.4 Å². The Hall–Kier alpha value is -1.36. The highest BCUT2D eigenvalue weighted by molar-refractivity contribution is 7.92. The van der Waals surface area contributed by atoms with Gasteiger partial charge in [0, 0.05) is 19.5 Å². The van der Waals surface area contributed by atoms with Gasteiger partial charge in [0.25, 0.3) is 0 Å². The van der Waals surface area contributed by atoms with Crippen molar-refractivity contribution in [2.75, 3.05) is 13.1 Å². The fraction of sp³-hybridized carbons (Fsp3) is 0.632. The molecule has 0 aromatic heterocycles. The van der Waals surface area contributed by atoms with Crippen LogP contribution in [-0.4, -0.2) is 42.8 Å². The van der Waals surface area contributed by atoms with E-state index < -0.39 is 9.84 Å². The molecule has 3 rings (SSSR count). The SMILES string of the molecule is Cc1cccc(CCC(=O)N2CC(S(=O)(=O)C3CCCCC3)C2)c1. The van der Waals surface area contributed by atoms with Gasteiger partial charge in [-0.05, 0) is 31.7 Å². The summed E-state index contributed by atoms with van der Waals surface area (Å²) in [5.41, 5.74) is 2.36. The van der Waals surface area contributed by atoms with Crippen LogP contribution in [0.1, 0.15) is 49.7 Å². The summed E-state index contributed by atoms with van der Waals surface area (Å²) in [5, 5.41) is -0.496. The Morgan fingerprint density at radius 3 is 2.50 bits per heavy atom. The van der Waals surface area contributed by atoms with E-state index >= 15 is 0 Å². The van der Waals surface area contributed by atoms with Crippen molar-refractivity contribution >= 4 is 15.7 Å². The highest BCUT2D eigenvalue weighted by Gasteiger charge is 2.43. The van der Waals surface area contributed by atoms with Crippen LogP contribution in [0.3, 0.4) is 0 Å². The van der Waals surface area contributed by atoms with Crippen molar-refractivity contribution in [2.24, 2.45) is 0 Å². The van der Waals surface area contributed by atoms with E-state index in [0.717, 1.165) is 44.1 Å². The maximum atomic E-state index is 12.6. The van der Waals surface area contributed by atoms with Crippen LogP contribution in [0.2, 0.25) is 0 Å². The van der Waals surface area contributed by atoms with E-state index in [2.05, 4.69) is 6.07 Å². The van der Waals surface area contributed by atoms with E-state index in [1.54, 1.807) is 4.90 Å². The number of amides is 1. The van der Waals surface area contributed by atoms with Crippen molar-refractivity contribution in [1.29, 1.82) is 0 Å².